The third-order valence-electron chi connectivity index (χ3n) is 7.24. The van der Waals surface area contributed by atoms with Crippen molar-refractivity contribution in [2.24, 2.45) is 22.2 Å². The van der Waals surface area contributed by atoms with Crippen molar-refractivity contribution in [1.82, 2.24) is 31.5 Å². The minimum atomic E-state index is -1.50. The predicted molar refractivity (Wildman–Crippen MR) is 161 cm³/mol. The molecule has 3 heterocycles. The Morgan fingerprint density at radius 1 is 0.956 bits per heavy atom. The molecule has 0 aromatic heterocycles. The number of aliphatic carboxylic acids is 1. The Morgan fingerprint density at radius 3 is 2.24 bits per heavy atom. The zero-order valence-corrected chi connectivity index (χ0v) is 24.7. The second-order valence-electron chi connectivity index (χ2n) is 10.7. The van der Waals surface area contributed by atoms with Gasteiger partial charge in [-0.05, 0) is 24.0 Å². The Morgan fingerprint density at radius 2 is 1.60 bits per heavy atom. The molecule has 4 rings (SSSR count). The van der Waals surface area contributed by atoms with E-state index in [1.54, 1.807) is 12.1 Å². The van der Waals surface area contributed by atoms with Gasteiger partial charge in [-0.2, -0.15) is 0 Å². The van der Waals surface area contributed by atoms with Crippen LogP contribution in [0.3, 0.4) is 0 Å². The van der Waals surface area contributed by atoms with E-state index in [1.807, 2.05) is 12.1 Å². The van der Waals surface area contributed by atoms with Crippen LogP contribution in [-0.2, 0) is 41.9 Å². The molecule has 1 unspecified atom stereocenters. The maximum atomic E-state index is 13.8. The van der Waals surface area contributed by atoms with E-state index in [0.29, 0.717) is 18.7 Å². The number of nitrogens with zero attached hydrogens (tertiary/aromatic N) is 2. The third-order valence-corrected chi connectivity index (χ3v) is 7.24. The number of piperazine rings is 1. The lowest BCUT2D eigenvalue weighted by Gasteiger charge is -2.42. The van der Waals surface area contributed by atoms with Crippen LogP contribution in [0, 0.1) is 0 Å². The highest BCUT2D eigenvalue weighted by atomic mass is 16.4. The summed E-state index contributed by atoms with van der Waals surface area (Å²) in [4.78, 5) is 82.4. The molecule has 0 aliphatic carbocycles. The summed E-state index contributed by atoms with van der Waals surface area (Å²) in [6.45, 7) is 3.76. The Hall–Kier alpha value is -5.19. The average molecular weight is 629 g/mol. The number of aliphatic imine (C=N–C) groups is 1. The van der Waals surface area contributed by atoms with Crippen LogP contribution in [0.4, 0.5) is 0 Å². The first kappa shape index (κ1) is 34.3. The Labute approximate surface area is 259 Å². The van der Waals surface area contributed by atoms with Crippen molar-refractivity contribution in [3.63, 3.8) is 0 Å². The van der Waals surface area contributed by atoms with Gasteiger partial charge < -0.3 is 53.8 Å². The van der Waals surface area contributed by atoms with E-state index in [1.165, 1.54) is 4.90 Å². The molecule has 244 valence electrons. The molecule has 0 radical (unpaired) electrons. The summed E-state index contributed by atoms with van der Waals surface area (Å²) in [5.41, 5.74) is 18.4. The number of guanidine groups is 1. The number of fused-ring (bicyclic) bond motifs is 14. The maximum absolute atomic E-state index is 13.8. The van der Waals surface area contributed by atoms with E-state index in [-0.39, 0.29) is 38.4 Å². The molecule has 17 nitrogen and oxygen atoms in total. The lowest BCUT2D eigenvalue weighted by atomic mass is 9.99. The van der Waals surface area contributed by atoms with E-state index in [9.17, 15) is 33.9 Å². The number of carbonyl (C=O) groups excluding carboxylic acids is 5. The van der Waals surface area contributed by atoms with E-state index in [4.69, 9.17) is 17.2 Å². The fraction of sp³-hybridized carbons (Fsp3) is 0.464. The fourth-order valence-electron chi connectivity index (χ4n) is 4.91. The normalized spacial score (nSPS) is 23.2. The highest BCUT2D eigenvalue weighted by Gasteiger charge is 2.39. The van der Waals surface area contributed by atoms with Crippen molar-refractivity contribution in [2.45, 2.75) is 62.9 Å². The molecular weight excluding hydrogens is 588 g/mol. The van der Waals surface area contributed by atoms with Gasteiger partial charge in [0.25, 0.3) is 0 Å². The van der Waals surface area contributed by atoms with Crippen LogP contribution in [0.2, 0.25) is 0 Å². The van der Waals surface area contributed by atoms with E-state index >= 15 is 0 Å². The zero-order chi connectivity index (χ0) is 33.1. The standard InChI is InChI=1S/C28H40N10O7/c1-15-21-10-22(39)36-18(3-2-8-32-28(30)31)25(43)34-13-23(40)37-19(9-24(41)42)26(44)33-12-20(35-15)27(45)38(21)14-17-6-4-16(11-29)5-7-17/h4-7,18-21,35H,1-3,8-14,29H2,(H,33,44)(H,34,43)(H,36,39)(H,37,40)(H,41,42)(H4,30,31,32)/t18-,19-,20-,21?/m0/s1. The minimum Gasteiger partial charge on any atom is -0.481 e. The summed E-state index contributed by atoms with van der Waals surface area (Å²) in [7, 11) is 0. The number of amides is 5. The third kappa shape index (κ3) is 10.2. The van der Waals surface area contributed by atoms with E-state index < -0.39 is 72.6 Å². The predicted octanol–water partition coefficient (Wildman–Crippen LogP) is -3.54. The van der Waals surface area contributed by atoms with Gasteiger partial charge in [-0.3, -0.25) is 33.8 Å². The van der Waals surface area contributed by atoms with Gasteiger partial charge in [0.2, 0.25) is 29.5 Å². The number of nitrogens with two attached hydrogens (primary N) is 3. The minimum absolute atomic E-state index is 0.0902. The van der Waals surface area contributed by atoms with Crippen LogP contribution in [0.15, 0.2) is 41.5 Å². The molecule has 12 N–H and O–H groups in total. The SMILES string of the molecule is C=C1N[C@H]2CNC(=O)[C@H](CC(=O)O)NC(=O)CNC(=O)[C@H](CCCN=C(N)N)NC(=O)CC1N(Cc1ccc(CN)cc1)C2=O. The molecule has 17 heteroatoms. The molecule has 4 atom stereocenters. The molecular formula is C28H40N10O7. The summed E-state index contributed by atoms with van der Waals surface area (Å²) >= 11 is 0. The number of hydrogen-bond donors (Lipinski definition) is 9. The van der Waals surface area contributed by atoms with Crippen molar-refractivity contribution < 1.29 is 33.9 Å². The number of hydrogen-bond acceptors (Lipinski definition) is 9. The van der Waals surface area contributed by atoms with Crippen molar-refractivity contribution in [2.75, 3.05) is 19.6 Å². The molecule has 45 heavy (non-hydrogen) atoms. The monoisotopic (exact) mass is 628 g/mol. The highest BCUT2D eigenvalue weighted by Crippen LogP contribution is 2.22. The van der Waals surface area contributed by atoms with E-state index in [0.717, 1.165) is 11.1 Å². The zero-order valence-electron chi connectivity index (χ0n) is 24.7. The van der Waals surface area contributed by atoms with Crippen molar-refractivity contribution >= 4 is 41.5 Å². The number of carboxylic acids is 1. The van der Waals surface area contributed by atoms with Crippen LogP contribution in [0.25, 0.3) is 0 Å². The van der Waals surface area contributed by atoms with Gasteiger partial charge in [0.05, 0.1) is 25.4 Å². The maximum Gasteiger partial charge on any atom is 0.305 e. The Kier molecular flexibility index (Phi) is 12.2. The Bertz CT molecular complexity index is 1330. The summed E-state index contributed by atoms with van der Waals surface area (Å²) in [5, 5.41) is 22.1. The van der Waals surface area contributed by atoms with Crippen LogP contribution in [0.1, 0.15) is 36.8 Å². The molecule has 3 aliphatic rings. The molecule has 0 spiro atoms. The van der Waals surface area contributed by atoms with Gasteiger partial charge in [0.15, 0.2) is 5.96 Å². The van der Waals surface area contributed by atoms with Crippen LogP contribution < -0.4 is 43.8 Å². The first-order valence-corrected chi connectivity index (χ1v) is 14.3. The summed E-state index contributed by atoms with van der Waals surface area (Å²) in [6, 6.07) is 2.80. The first-order valence-electron chi connectivity index (χ1n) is 14.3. The van der Waals surface area contributed by atoms with Gasteiger partial charge in [0, 0.05) is 31.9 Å². The number of benzene rings is 1. The quantitative estimate of drug-likeness (QED) is 0.0559. The molecule has 1 aromatic rings. The van der Waals surface area contributed by atoms with Crippen LogP contribution in [0.5, 0.6) is 0 Å². The van der Waals surface area contributed by atoms with Crippen molar-refractivity contribution in [3.05, 3.63) is 47.7 Å². The van der Waals surface area contributed by atoms with Crippen molar-refractivity contribution in [1.29, 1.82) is 0 Å². The smallest absolute Gasteiger partial charge is 0.305 e. The lowest BCUT2D eigenvalue weighted by molar-refractivity contribution is -0.142. The molecule has 1 aromatic carbocycles. The number of nitrogens with one attached hydrogen (secondary N) is 5. The van der Waals surface area contributed by atoms with E-state index in [2.05, 4.69) is 38.2 Å². The summed E-state index contributed by atoms with van der Waals surface area (Å²) in [6.07, 6.45) is -0.606. The lowest BCUT2D eigenvalue weighted by Crippen LogP contribution is -2.62. The topological polar surface area (TPSA) is 276 Å². The first-order chi connectivity index (χ1) is 21.4. The molecule has 3 saturated heterocycles. The second kappa shape index (κ2) is 16.0. The van der Waals surface area contributed by atoms with Gasteiger partial charge in [-0.1, -0.05) is 30.8 Å². The van der Waals surface area contributed by atoms with Crippen LogP contribution >= 0.6 is 0 Å². The van der Waals surface area contributed by atoms with Crippen LogP contribution in [-0.4, -0.2) is 95.3 Å². The van der Waals surface area contributed by atoms with Gasteiger partial charge in [-0.15, -0.1) is 0 Å². The molecule has 5 amide bonds. The van der Waals surface area contributed by atoms with Crippen molar-refractivity contribution in [3.8, 4) is 0 Å². The van der Waals surface area contributed by atoms with Gasteiger partial charge in [0.1, 0.15) is 18.1 Å². The fourth-order valence-corrected chi connectivity index (χ4v) is 4.91. The summed E-state index contributed by atoms with van der Waals surface area (Å²) < 4.78 is 0. The number of carboxylic acid groups (broad SMARTS) is 1. The summed E-state index contributed by atoms with van der Waals surface area (Å²) in [5.74, 6) is -4.92. The largest absolute Gasteiger partial charge is 0.481 e. The van der Waals surface area contributed by atoms with Gasteiger partial charge >= 0.3 is 5.97 Å². The van der Waals surface area contributed by atoms with Gasteiger partial charge in [-0.25, -0.2) is 0 Å². The average Bonchev–Trinajstić information content (AvgIpc) is 2.99. The molecule has 3 aliphatic heterocycles. The molecule has 3 fully saturated rings. The second-order valence-corrected chi connectivity index (χ2v) is 10.7. The number of rotatable bonds is 9. The molecule has 0 saturated carbocycles. The number of carbonyl (C=O) groups is 6. The Balaban J connectivity index is 1.94. The highest BCUT2D eigenvalue weighted by molar-refractivity contribution is 5.94. The molecule has 2 bridgehead atoms.